The van der Waals surface area contributed by atoms with E-state index in [9.17, 15) is 21.6 Å². The van der Waals surface area contributed by atoms with Gasteiger partial charge in [0.25, 0.3) is 15.9 Å². The first kappa shape index (κ1) is 25.3. The van der Waals surface area contributed by atoms with E-state index in [2.05, 4.69) is 14.8 Å². The summed E-state index contributed by atoms with van der Waals surface area (Å²) in [5, 5.41) is 2.72. The van der Waals surface area contributed by atoms with E-state index in [1.807, 2.05) is 6.92 Å². The number of nitrogens with one attached hydrogen (secondary N) is 3. The Balaban J connectivity index is 1.78. The topological polar surface area (TPSA) is 131 Å². The maximum absolute atomic E-state index is 12.8. The van der Waals surface area contributed by atoms with E-state index in [-0.39, 0.29) is 21.2 Å². The molecule has 0 radical (unpaired) electrons. The molecule has 0 saturated heterocycles. The third-order valence-corrected chi connectivity index (χ3v) is 6.85. The fourth-order valence-electron chi connectivity index (χ4n) is 3.00. The molecule has 180 valence electrons. The molecule has 0 aliphatic heterocycles. The second kappa shape index (κ2) is 9.92. The van der Waals surface area contributed by atoms with Gasteiger partial charge in [-0.25, -0.2) is 16.8 Å². The van der Waals surface area contributed by atoms with Gasteiger partial charge < -0.3 is 10.1 Å². The molecule has 0 bridgehead atoms. The summed E-state index contributed by atoms with van der Waals surface area (Å²) in [4.78, 5) is 12.6. The van der Waals surface area contributed by atoms with E-state index in [0.717, 1.165) is 11.8 Å². The molecule has 0 saturated carbocycles. The Morgan fingerprint density at radius 1 is 0.882 bits per heavy atom. The Bertz CT molecular complexity index is 1440. The lowest BCUT2D eigenvalue weighted by molar-refractivity contribution is 0.102. The molecule has 0 heterocycles. The largest absolute Gasteiger partial charge is 0.495 e. The van der Waals surface area contributed by atoms with E-state index in [4.69, 9.17) is 16.3 Å². The fraction of sp³-hybridized carbons (Fsp3) is 0.136. The summed E-state index contributed by atoms with van der Waals surface area (Å²) >= 11 is 6.09. The summed E-state index contributed by atoms with van der Waals surface area (Å²) in [7, 11) is -6.01. The number of hydrogen-bond donors (Lipinski definition) is 3. The van der Waals surface area contributed by atoms with Gasteiger partial charge in [-0.05, 0) is 67.1 Å². The molecule has 12 heteroatoms. The maximum Gasteiger partial charge on any atom is 0.262 e. The van der Waals surface area contributed by atoms with Crippen LogP contribution in [0.1, 0.15) is 15.9 Å². The van der Waals surface area contributed by atoms with Gasteiger partial charge in [0.1, 0.15) is 5.75 Å². The minimum absolute atomic E-state index is 0.0218. The molecule has 34 heavy (non-hydrogen) atoms. The van der Waals surface area contributed by atoms with Crippen molar-refractivity contribution in [2.24, 2.45) is 0 Å². The van der Waals surface area contributed by atoms with Crippen LogP contribution in [0.4, 0.5) is 17.1 Å². The van der Waals surface area contributed by atoms with Crippen molar-refractivity contribution in [1.29, 1.82) is 0 Å². The molecule has 0 aliphatic rings. The first-order chi connectivity index (χ1) is 15.9. The van der Waals surface area contributed by atoms with Gasteiger partial charge in [0.15, 0.2) is 0 Å². The number of benzene rings is 3. The molecule has 0 aromatic heterocycles. The standard InChI is InChI=1S/C22H22ClN3O6S2/c1-14-4-11-21(32-2)20(12-14)26-34(30,31)17-8-5-15(6-9-17)24-22(27)18-13-16(7-10-19(18)23)25-33(3,28)29/h4-13,25-26H,1-3H3,(H,24,27). The molecule has 3 rings (SSSR count). The summed E-state index contributed by atoms with van der Waals surface area (Å²) in [5.41, 5.74) is 1.69. The van der Waals surface area contributed by atoms with Gasteiger partial charge in [-0.1, -0.05) is 17.7 Å². The van der Waals surface area contributed by atoms with Crippen LogP contribution in [0.5, 0.6) is 5.75 Å². The highest BCUT2D eigenvalue weighted by Gasteiger charge is 2.18. The van der Waals surface area contributed by atoms with Crippen LogP contribution < -0.4 is 19.5 Å². The molecule has 3 aromatic carbocycles. The van der Waals surface area contributed by atoms with Gasteiger partial charge in [-0.2, -0.15) is 0 Å². The summed E-state index contributed by atoms with van der Waals surface area (Å²) in [6, 6.07) is 14.8. The van der Waals surface area contributed by atoms with Gasteiger partial charge in [-0.3, -0.25) is 14.2 Å². The molecular weight excluding hydrogens is 502 g/mol. The van der Waals surface area contributed by atoms with Crippen LogP contribution in [0.15, 0.2) is 65.6 Å². The van der Waals surface area contributed by atoms with Crippen LogP contribution in [0, 0.1) is 6.92 Å². The zero-order valence-electron chi connectivity index (χ0n) is 18.4. The van der Waals surface area contributed by atoms with E-state index in [0.29, 0.717) is 17.1 Å². The number of ether oxygens (including phenoxy) is 1. The second-order valence-electron chi connectivity index (χ2n) is 7.36. The molecule has 9 nitrogen and oxygen atoms in total. The maximum atomic E-state index is 12.8. The third kappa shape index (κ3) is 6.40. The predicted molar refractivity (Wildman–Crippen MR) is 133 cm³/mol. The predicted octanol–water partition coefficient (Wildman–Crippen LogP) is 4.08. The number of rotatable bonds is 8. The third-order valence-electron chi connectivity index (χ3n) is 4.54. The quantitative estimate of drug-likeness (QED) is 0.408. The summed E-state index contributed by atoms with van der Waals surface area (Å²) in [6.07, 6.45) is 0.987. The van der Waals surface area contributed by atoms with Crippen molar-refractivity contribution < 1.29 is 26.4 Å². The minimum atomic E-state index is -3.92. The SMILES string of the molecule is COc1ccc(C)cc1NS(=O)(=O)c1ccc(NC(=O)c2cc(NS(C)(=O)=O)ccc2Cl)cc1. The molecule has 0 fully saturated rings. The Kier molecular flexibility index (Phi) is 7.39. The number of aryl methyl sites for hydroxylation is 1. The van der Waals surface area contributed by atoms with Crippen molar-refractivity contribution in [3.05, 3.63) is 76.8 Å². The number of anilines is 3. The average Bonchev–Trinajstić information content (AvgIpc) is 2.74. The van der Waals surface area contributed by atoms with Crippen molar-refractivity contribution in [3.8, 4) is 5.75 Å². The molecule has 0 spiro atoms. The van der Waals surface area contributed by atoms with Crippen LogP contribution in [0.2, 0.25) is 5.02 Å². The highest BCUT2D eigenvalue weighted by molar-refractivity contribution is 7.92. The lowest BCUT2D eigenvalue weighted by Gasteiger charge is -2.13. The van der Waals surface area contributed by atoms with E-state index >= 15 is 0 Å². The van der Waals surface area contributed by atoms with Crippen LogP contribution in [0.25, 0.3) is 0 Å². The number of carbonyl (C=O) groups excluding carboxylic acids is 1. The Hall–Kier alpha value is -3.28. The zero-order chi connectivity index (χ0) is 25.1. The van der Waals surface area contributed by atoms with Gasteiger partial charge in [-0.15, -0.1) is 0 Å². The van der Waals surface area contributed by atoms with Gasteiger partial charge in [0, 0.05) is 11.4 Å². The zero-order valence-corrected chi connectivity index (χ0v) is 20.8. The Morgan fingerprint density at radius 3 is 2.15 bits per heavy atom. The van der Waals surface area contributed by atoms with Crippen molar-refractivity contribution in [2.75, 3.05) is 28.1 Å². The molecule has 1 amide bonds. The number of sulfonamides is 2. The van der Waals surface area contributed by atoms with Crippen LogP contribution >= 0.6 is 11.6 Å². The number of methoxy groups -OCH3 is 1. The van der Waals surface area contributed by atoms with Crippen LogP contribution in [0.3, 0.4) is 0 Å². The normalized spacial score (nSPS) is 11.5. The Morgan fingerprint density at radius 2 is 1.53 bits per heavy atom. The van der Waals surface area contributed by atoms with Crippen molar-refractivity contribution >= 4 is 54.6 Å². The number of carbonyl (C=O) groups is 1. The number of hydrogen-bond acceptors (Lipinski definition) is 6. The van der Waals surface area contributed by atoms with Gasteiger partial charge >= 0.3 is 0 Å². The average molecular weight is 524 g/mol. The highest BCUT2D eigenvalue weighted by atomic mass is 35.5. The monoisotopic (exact) mass is 523 g/mol. The lowest BCUT2D eigenvalue weighted by Crippen LogP contribution is -2.15. The summed E-state index contributed by atoms with van der Waals surface area (Å²) < 4.78 is 58.5. The van der Waals surface area contributed by atoms with E-state index < -0.39 is 26.0 Å². The number of halogens is 1. The number of amides is 1. The van der Waals surface area contributed by atoms with Crippen molar-refractivity contribution in [2.45, 2.75) is 11.8 Å². The lowest BCUT2D eigenvalue weighted by atomic mass is 10.2. The molecule has 0 atom stereocenters. The molecular formula is C22H22ClN3O6S2. The smallest absolute Gasteiger partial charge is 0.262 e. The van der Waals surface area contributed by atoms with Gasteiger partial charge in [0.2, 0.25) is 10.0 Å². The van der Waals surface area contributed by atoms with Crippen LogP contribution in [-0.2, 0) is 20.0 Å². The van der Waals surface area contributed by atoms with Crippen LogP contribution in [-0.4, -0.2) is 36.1 Å². The molecule has 3 aromatic rings. The van der Waals surface area contributed by atoms with Gasteiger partial charge in [0.05, 0.1) is 34.5 Å². The minimum Gasteiger partial charge on any atom is -0.495 e. The molecule has 3 N–H and O–H groups in total. The fourth-order valence-corrected chi connectivity index (χ4v) is 4.82. The van der Waals surface area contributed by atoms with E-state index in [1.165, 1.54) is 49.6 Å². The molecule has 0 unspecified atom stereocenters. The molecule has 0 aliphatic carbocycles. The van der Waals surface area contributed by atoms with Crippen molar-refractivity contribution in [3.63, 3.8) is 0 Å². The first-order valence-corrected chi connectivity index (χ1v) is 13.5. The Labute approximate surface area is 203 Å². The second-order valence-corrected chi connectivity index (χ2v) is 11.2. The van der Waals surface area contributed by atoms with Crippen molar-refractivity contribution in [1.82, 2.24) is 0 Å². The summed E-state index contributed by atoms with van der Waals surface area (Å²) in [5.74, 6) is -0.220. The van der Waals surface area contributed by atoms with E-state index in [1.54, 1.807) is 18.2 Å². The summed E-state index contributed by atoms with van der Waals surface area (Å²) in [6.45, 7) is 1.83. The highest BCUT2D eigenvalue weighted by Crippen LogP contribution is 2.28. The first-order valence-electron chi connectivity index (χ1n) is 9.74.